The molecule has 0 N–H and O–H groups in total. The van der Waals surface area contributed by atoms with Gasteiger partial charge in [0.2, 0.25) is 0 Å². The van der Waals surface area contributed by atoms with Gasteiger partial charge in [0, 0.05) is 0 Å². The molecule has 2 rings (SSSR count). The normalized spacial score (nSPS) is 35.4. The molecule has 2 aliphatic carbocycles. The Labute approximate surface area is 69.7 Å². The molecule has 62 valence electrons. The number of allylic oxidation sites excluding steroid dienone is 1. The van der Waals surface area contributed by atoms with Crippen molar-refractivity contribution in [2.75, 3.05) is 0 Å². The minimum absolute atomic E-state index is 0.662. The molecule has 0 aliphatic heterocycles. The molecule has 0 heteroatoms. The zero-order chi connectivity index (χ0) is 7.90. The van der Waals surface area contributed by atoms with Crippen molar-refractivity contribution in [2.45, 2.75) is 45.4 Å². The van der Waals surface area contributed by atoms with E-state index < -0.39 is 0 Å². The van der Waals surface area contributed by atoms with E-state index in [9.17, 15) is 0 Å². The Bertz CT molecular complexity index is 172. The lowest BCUT2D eigenvalue weighted by Crippen LogP contribution is -2.22. The first-order chi connectivity index (χ1) is 5.22. The molecule has 0 aromatic heterocycles. The van der Waals surface area contributed by atoms with E-state index >= 15 is 0 Å². The van der Waals surface area contributed by atoms with Crippen molar-refractivity contribution in [3.8, 4) is 0 Å². The highest BCUT2D eigenvalue weighted by molar-refractivity contribution is 5.23. The van der Waals surface area contributed by atoms with Gasteiger partial charge in [0.1, 0.15) is 0 Å². The highest BCUT2D eigenvalue weighted by atomic mass is 14.5. The highest BCUT2D eigenvalue weighted by Gasteiger charge is 2.44. The van der Waals surface area contributed by atoms with Gasteiger partial charge in [0.15, 0.2) is 0 Å². The summed E-state index contributed by atoms with van der Waals surface area (Å²) in [6.07, 6.45) is 8.62. The standard InChI is InChI=1S/C11H18/c1-9-8-10(9)11(2)6-4-3-5-7-11/h10H,1,3-8H2,2H3. The Kier molecular flexibility index (Phi) is 1.59. The van der Waals surface area contributed by atoms with E-state index in [2.05, 4.69) is 13.5 Å². The minimum Gasteiger partial charge on any atom is -0.0995 e. The van der Waals surface area contributed by atoms with Crippen molar-refractivity contribution in [3.05, 3.63) is 12.2 Å². The second-order valence-corrected chi connectivity index (χ2v) is 4.63. The summed E-state index contributed by atoms with van der Waals surface area (Å²) in [5.74, 6) is 0.905. The molecule has 0 saturated heterocycles. The molecule has 0 aromatic rings. The van der Waals surface area contributed by atoms with Crippen molar-refractivity contribution in [2.24, 2.45) is 11.3 Å². The van der Waals surface area contributed by atoms with Crippen LogP contribution in [0.1, 0.15) is 45.4 Å². The van der Waals surface area contributed by atoms with Crippen LogP contribution in [0.2, 0.25) is 0 Å². The summed E-state index contributed by atoms with van der Waals surface area (Å²) in [5.41, 5.74) is 2.18. The van der Waals surface area contributed by atoms with Crippen LogP contribution in [0.5, 0.6) is 0 Å². The zero-order valence-corrected chi connectivity index (χ0v) is 7.53. The summed E-state index contributed by atoms with van der Waals surface area (Å²) in [6, 6.07) is 0. The van der Waals surface area contributed by atoms with Gasteiger partial charge in [0.25, 0.3) is 0 Å². The summed E-state index contributed by atoms with van der Waals surface area (Å²) in [7, 11) is 0. The Balaban J connectivity index is 2.02. The molecule has 11 heavy (non-hydrogen) atoms. The van der Waals surface area contributed by atoms with E-state index in [0.717, 1.165) is 5.92 Å². The molecule has 0 nitrogen and oxygen atoms in total. The second-order valence-electron chi connectivity index (χ2n) is 4.63. The lowest BCUT2D eigenvalue weighted by molar-refractivity contribution is 0.187. The number of rotatable bonds is 1. The molecular weight excluding hydrogens is 132 g/mol. The van der Waals surface area contributed by atoms with Crippen molar-refractivity contribution in [1.82, 2.24) is 0 Å². The third kappa shape index (κ3) is 1.23. The van der Waals surface area contributed by atoms with Gasteiger partial charge >= 0.3 is 0 Å². The number of hydrogen-bond acceptors (Lipinski definition) is 0. The minimum atomic E-state index is 0.662. The molecule has 2 saturated carbocycles. The molecule has 0 aromatic carbocycles. The van der Waals surface area contributed by atoms with Crippen LogP contribution in [0, 0.1) is 11.3 Å². The van der Waals surface area contributed by atoms with Crippen molar-refractivity contribution in [3.63, 3.8) is 0 Å². The largest absolute Gasteiger partial charge is 0.0995 e. The molecule has 1 atom stereocenters. The maximum Gasteiger partial charge on any atom is -0.0114 e. The van der Waals surface area contributed by atoms with Crippen LogP contribution in [0.3, 0.4) is 0 Å². The Morgan fingerprint density at radius 3 is 2.27 bits per heavy atom. The molecule has 0 radical (unpaired) electrons. The first-order valence-electron chi connectivity index (χ1n) is 4.90. The Morgan fingerprint density at radius 1 is 1.27 bits per heavy atom. The fraction of sp³-hybridized carbons (Fsp3) is 0.818. The average molecular weight is 150 g/mol. The van der Waals surface area contributed by atoms with Crippen molar-refractivity contribution >= 4 is 0 Å². The van der Waals surface area contributed by atoms with Crippen molar-refractivity contribution in [1.29, 1.82) is 0 Å². The Hall–Kier alpha value is -0.260. The van der Waals surface area contributed by atoms with Gasteiger partial charge in [-0.25, -0.2) is 0 Å². The van der Waals surface area contributed by atoms with Crippen LogP contribution >= 0.6 is 0 Å². The molecule has 0 spiro atoms. The summed E-state index contributed by atoms with van der Waals surface area (Å²) < 4.78 is 0. The topological polar surface area (TPSA) is 0 Å². The van der Waals surface area contributed by atoms with Gasteiger partial charge in [-0.1, -0.05) is 38.3 Å². The van der Waals surface area contributed by atoms with Crippen LogP contribution in [0.25, 0.3) is 0 Å². The van der Waals surface area contributed by atoms with Crippen LogP contribution in [0.15, 0.2) is 12.2 Å². The Morgan fingerprint density at radius 2 is 1.82 bits per heavy atom. The zero-order valence-electron chi connectivity index (χ0n) is 7.53. The predicted molar refractivity (Wildman–Crippen MR) is 48.4 cm³/mol. The second kappa shape index (κ2) is 2.36. The molecule has 0 bridgehead atoms. The first-order valence-corrected chi connectivity index (χ1v) is 4.90. The van der Waals surface area contributed by atoms with Crippen molar-refractivity contribution < 1.29 is 0 Å². The molecule has 2 fully saturated rings. The maximum atomic E-state index is 4.07. The van der Waals surface area contributed by atoms with Gasteiger partial charge < -0.3 is 0 Å². The van der Waals surface area contributed by atoms with E-state index in [1.54, 1.807) is 0 Å². The van der Waals surface area contributed by atoms with Gasteiger partial charge in [-0.3, -0.25) is 0 Å². The predicted octanol–water partition coefficient (Wildman–Crippen LogP) is 3.53. The fourth-order valence-corrected chi connectivity index (χ4v) is 2.65. The van der Waals surface area contributed by atoms with Crippen LogP contribution in [-0.2, 0) is 0 Å². The van der Waals surface area contributed by atoms with E-state index in [0.29, 0.717) is 5.41 Å². The monoisotopic (exact) mass is 150 g/mol. The van der Waals surface area contributed by atoms with Gasteiger partial charge in [-0.2, -0.15) is 0 Å². The molecule has 2 aliphatic rings. The summed E-state index contributed by atoms with van der Waals surface area (Å²) >= 11 is 0. The first kappa shape index (κ1) is 7.39. The lowest BCUT2D eigenvalue weighted by atomic mass is 9.72. The van der Waals surface area contributed by atoms with Crippen LogP contribution in [0.4, 0.5) is 0 Å². The van der Waals surface area contributed by atoms with Crippen LogP contribution < -0.4 is 0 Å². The molecule has 0 amide bonds. The smallest absolute Gasteiger partial charge is 0.0114 e. The summed E-state index contributed by atoms with van der Waals surface area (Å²) in [5, 5.41) is 0. The quantitative estimate of drug-likeness (QED) is 0.502. The summed E-state index contributed by atoms with van der Waals surface area (Å²) in [4.78, 5) is 0. The number of hydrogen-bond donors (Lipinski definition) is 0. The SMILES string of the molecule is C=C1CC1C1(C)CCCCC1. The molecule has 1 unspecified atom stereocenters. The third-order valence-corrected chi connectivity index (χ3v) is 3.64. The van der Waals surface area contributed by atoms with Gasteiger partial charge in [-0.15, -0.1) is 0 Å². The highest BCUT2D eigenvalue weighted by Crippen LogP contribution is 2.55. The lowest BCUT2D eigenvalue weighted by Gasteiger charge is -2.33. The maximum absolute atomic E-state index is 4.07. The van der Waals surface area contributed by atoms with E-state index in [1.165, 1.54) is 44.1 Å². The molecular formula is C11H18. The van der Waals surface area contributed by atoms with E-state index in [4.69, 9.17) is 0 Å². The van der Waals surface area contributed by atoms with Gasteiger partial charge in [-0.05, 0) is 30.6 Å². The van der Waals surface area contributed by atoms with Gasteiger partial charge in [0.05, 0.1) is 0 Å². The fourth-order valence-electron chi connectivity index (χ4n) is 2.65. The van der Waals surface area contributed by atoms with Crippen LogP contribution in [-0.4, -0.2) is 0 Å². The molecule has 0 heterocycles. The third-order valence-electron chi connectivity index (χ3n) is 3.64. The van der Waals surface area contributed by atoms with E-state index in [-0.39, 0.29) is 0 Å². The van der Waals surface area contributed by atoms with E-state index in [1.807, 2.05) is 0 Å². The average Bonchev–Trinajstić information content (AvgIpc) is 2.69. The summed E-state index contributed by atoms with van der Waals surface area (Å²) in [6.45, 7) is 6.54.